The van der Waals surface area contributed by atoms with E-state index in [0.717, 1.165) is 21.7 Å². The number of halogens is 2. The maximum Gasteiger partial charge on any atom is 0.240 e. The van der Waals surface area contributed by atoms with Gasteiger partial charge in [-0.25, -0.2) is 18.4 Å². The molecule has 1 N–H and O–H groups in total. The number of hydrogen-bond acceptors (Lipinski definition) is 10. The highest BCUT2D eigenvalue weighted by Crippen LogP contribution is 2.57. The Kier molecular flexibility index (Phi) is 11.0. The van der Waals surface area contributed by atoms with Gasteiger partial charge in [0.15, 0.2) is 5.78 Å². The third-order valence-corrected chi connectivity index (χ3v) is 14.3. The molecular formula is C41H44Cl2N4O7S2. The summed E-state index contributed by atoms with van der Waals surface area (Å²) in [7, 11) is -2.31. The predicted octanol–water partition coefficient (Wildman–Crippen LogP) is 7.69. The van der Waals surface area contributed by atoms with Gasteiger partial charge in [-0.1, -0.05) is 62.2 Å². The summed E-state index contributed by atoms with van der Waals surface area (Å²) in [6, 6.07) is 11.7. The van der Waals surface area contributed by atoms with Gasteiger partial charge in [0.25, 0.3) is 0 Å². The average Bonchev–Trinajstić information content (AvgIpc) is 4.04. The summed E-state index contributed by atoms with van der Waals surface area (Å²) >= 11 is 14.0. The minimum Gasteiger partial charge on any atom is -0.494 e. The van der Waals surface area contributed by atoms with Crippen LogP contribution in [-0.4, -0.2) is 71.9 Å². The first-order valence-electron chi connectivity index (χ1n) is 18.5. The van der Waals surface area contributed by atoms with E-state index < -0.39 is 50.1 Å². The Labute approximate surface area is 340 Å². The van der Waals surface area contributed by atoms with Crippen molar-refractivity contribution >= 4 is 72.9 Å². The van der Waals surface area contributed by atoms with E-state index in [9.17, 15) is 22.8 Å². The molecule has 2 aliphatic carbocycles. The van der Waals surface area contributed by atoms with E-state index in [2.05, 4.69) is 16.3 Å². The third-order valence-electron chi connectivity index (χ3n) is 11.2. The quantitative estimate of drug-likeness (QED) is 0.126. The highest BCUT2D eigenvalue weighted by Gasteiger charge is 2.61. The van der Waals surface area contributed by atoms with Crippen LogP contribution in [0.4, 0.5) is 0 Å². The van der Waals surface area contributed by atoms with Crippen molar-refractivity contribution < 1.29 is 32.3 Å². The van der Waals surface area contributed by atoms with E-state index in [1.165, 1.54) is 11.3 Å². The summed E-state index contributed by atoms with van der Waals surface area (Å²) in [6.45, 7) is 9.88. The maximum absolute atomic E-state index is 14.9. The Morgan fingerprint density at radius 3 is 2.46 bits per heavy atom. The Hall–Kier alpha value is -4.04. The fraction of sp³-hybridized carbons (Fsp3) is 0.439. The lowest BCUT2D eigenvalue weighted by Crippen LogP contribution is -2.48. The van der Waals surface area contributed by atoms with Crippen LogP contribution >= 0.6 is 34.5 Å². The number of carbonyl (C=O) groups is 3. The predicted molar refractivity (Wildman–Crippen MR) is 217 cm³/mol. The van der Waals surface area contributed by atoms with Gasteiger partial charge in [-0.3, -0.25) is 19.1 Å². The van der Waals surface area contributed by atoms with Crippen LogP contribution in [0.3, 0.4) is 0 Å². The van der Waals surface area contributed by atoms with Gasteiger partial charge < -0.3 is 14.4 Å². The van der Waals surface area contributed by atoms with Gasteiger partial charge in [-0.2, -0.15) is 0 Å². The van der Waals surface area contributed by atoms with Crippen molar-refractivity contribution in [1.82, 2.24) is 19.6 Å². The molecule has 0 unspecified atom stereocenters. The normalized spacial score (nSPS) is 22.8. The zero-order valence-electron chi connectivity index (χ0n) is 31.6. The van der Waals surface area contributed by atoms with E-state index in [-0.39, 0.29) is 49.3 Å². The number of ether oxygens (including phenoxy) is 2. The van der Waals surface area contributed by atoms with Crippen molar-refractivity contribution in [2.45, 2.75) is 76.7 Å². The Morgan fingerprint density at radius 2 is 1.82 bits per heavy atom. The van der Waals surface area contributed by atoms with Crippen LogP contribution in [0.15, 0.2) is 66.7 Å². The largest absolute Gasteiger partial charge is 0.494 e. The van der Waals surface area contributed by atoms with Crippen molar-refractivity contribution in [1.29, 1.82) is 0 Å². The number of pyridine rings is 1. The van der Waals surface area contributed by atoms with Crippen LogP contribution in [0.25, 0.3) is 22.0 Å². The molecule has 2 aromatic carbocycles. The fourth-order valence-corrected chi connectivity index (χ4v) is 10.1. The highest BCUT2D eigenvalue weighted by atomic mass is 35.5. The van der Waals surface area contributed by atoms with Crippen LogP contribution in [0.5, 0.6) is 11.6 Å². The molecule has 3 fully saturated rings. The molecular weight excluding hydrogens is 796 g/mol. The first kappa shape index (κ1) is 40.2. The van der Waals surface area contributed by atoms with Gasteiger partial charge in [-0.05, 0) is 60.9 Å². The third kappa shape index (κ3) is 8.19. The first-order valence-corrected chi connectivity index (χ1v) is 21.7. The molecule has 2 saturated carbocycles. The molecule has 0 bridgehead atoms. The summed E-state index contributed by atoms with van der Waals surface area (Å²) in [6.07, 6.45) is 3.95. The lowest BCUT2D eigenvalue weighted by Gasteiger charge is -2.35. The van der Waals surface area contributed by atoms with E-state index in [1.54, 1.807) is 48.5 Å². The van der Waals surface area contributed by atoms with Crippen molar-refractivity contribution in [3.8, 4) is 22.9 Å². The second-order valence-corrected chi connectivity index (χ2v) is 19.9. The van der Waals surface area contributed by atoms with Gasteiger partial charge in [-0.15, -0.1) is 17.9 Å². The summed E-state index contributed by atoms with van der Waals surface area (Å²) in [5.41, 5.74) is -0.135. The Morgan fingerprint density at radius 1 is 1.11 bits per heavy atom. The van der Waals surface area contributed by atoms with E-state index in [1.807, 2.05) is 44.4 Å². The van der Waals surface area contributed by atoms with Gasteiger partial charge >= 0.3 is 0 Å². The molecule has 1 saturated heterocycles. The lowest BCUT2D eigenvalue weighted by atomic mass is 9.77. The molecule has 56 heavy (non-hydrogen) atoms. The van der Waals surface area contributed by atoms with E-state index >= 15 is 0 Å². The van der Waals surface area contributed by atoms with Gasteiger partial charge in [0, 0.05) is 56.9 Å². The smallest absolute Gasteiger partial charge is 0.240 e. The number of sulfonamides is 1. The second-order valence-electron chi connectivity index (χ2n) is 16.1. The number of Topliss-reactive ketones (excluding diaryl/α,β-unsaturated/α-hetero) is 1. The molecule has 4 aromatic rings. The average molecular weight is 840 g/mol. The molecule has 296 valence electrons. The SMILES string of the molecule is C=C[C@@H]1C[C@]1(CC(=O)[C@@H]1C[C@@H](Oc2ncc(OC)c3ccc(Cl)cc23)CN1C(=O)[C@@H](Cc1nc(-c2ccc(Cl)cc2)cs1)C(C)(C)C)C(=O)NS(=O)(=O)C1CC1. The fourth-order valence-electron chi connectivity index (χ4n) is 7.62. The van der Waals surface area contributed by atoms with Crippen LogP contribution in [-0.2, 0) is 30.8 Å². The summed E-state index contributed by atoms with van der Waals surface area (Å²) in [4.78, 5) is 54.1. The number of likely N-dealkylation sites (tertiary alicyclic amines) is 1. The molecule has 2 aromatic heterocycles. The number of fused-ring (bicyclic) bond motifs is 1. The van der Waals surface area contributed by atoms with Crippen LogP contribution in [0.1, 0.15) is 57.9 Å². The molecule has 5 atom stereocenters. The molecule has 0 radical (unpaired) electrons. The van der Waals surface area contributed by atoms with E-state index in [0.29, 0.717) is 40.4 Å². The number of hydrogen-bond donors (Lipinski definition) is 1. The number of carbonyl (C=O) groups excluding carboxylic acids is 3. The lowest BCUT2D eigenvalue weighted by molar-refractivity contribution is -0.144. The first-order chi connectivity index (χ1) is 26.5. The van der Waals surface area contributed by atoms with Crippen molar-refractivity contribution in [2.24, 2.45) is 22.7 Å². The zero-order valence-corrected chi connectivity index (χ0v) is 34.7. The molecule has 15 heteroatoms. The highest BCUT2D eigenvalue weighted by molar-refractivity contribution is 7.90. The van der Waals surface area contributed by atoms with Gasteiger partial charge in [0.1, 0.15) is 11.9 Å². The topological polar surface area (TPSA) is 145 Å². The number of rotatable bonds is 14. The van der Waals surface area contributed by atoms with E-state index in [4.69, 9.17) is 37.7 Å². The minimum absolute atomic E-state index is 0.0750. The molecule has 3 aliphatic rings. The van der Waals surface area contributed by atoms with Crippen molar-refractivity contribution in [2.75, 3.05) is 13.7 Å². The number of allylic oxidation sites excluding steroid dienone is 1. The van der Waals surface area contributed by atoms with Crippen LogP contribution in [0.2, 0.25) is 10.0 Å². The summed E-state index contributed by atoms with van der Waals surface area (Å²) in [5.74, 6) is -1.47. The molecule has 1 aliphatic heterocycles. The number of nitrogens with zero attached hydrogens (tertiary/aromatic N) is 3. The van der Waals surface area contributed by atoms with Gasteiger partial charge in [0.2, 0.25) is 27.7 Å². The molecule has 0 spiro atoms. The standard InChI is InChI=1S/C41H44Cl2N4O7S2/c1-6-24-18-41(24,39(50)46-56(51,52)28-12-13-28)19-34(48)33-16-27(54-37-30-15-26(43)11-14-29(30)35(53-5)20-44-37)21-47(33)38(49)31(40(2,3)4)17-36-45-32(22-55-36)23-7-9-25(42)10-8-23/h6-11,14-15,20,22,24,27-28,31,33H,1,12-13,16-19,21H2,2-5H3,(H,46,50)/t24-,27-,31-,33+,41-/m1/s1. The summed E-state index contributed by atoms with van der Waals surface area (Å²) in [5, 5.41) is 4.54. The zero-order chi connectivity index (χ0) is 40.2. The van der Waals surface area contributed by atoms with Crippen LogP contribution in [0, 0.1) is 22.7 Å². The molecule has 2 amide bonds. The maximum atomic E-state index is 14.9. The molecule has 11 nitrogen and oxygen atoms in total. The van der Waals surface area contributed by atoms with Gasteiger partial charge in [0.05, 0.1) is 47.3 Å². The monoisotopic (exact) mass is 838 g/mol. The van der Waals surface area contributed by atoms with Crippen molar-refractivity contribution in [3.05, 3.63) is 81.7 Å². The number of methoxy groups -OCH3 is 1. The van der Waals surface area contributed by atoms with Crippen LogP contribution < -0.4 is 14.2 Å². The number of benzene rings is 2. The number of thiazole rings is 1. The number of aromatic nitrogens is 2. The summed E-state index contributed by atoms with van der Waals surface area (Å²) < 4.78 is 39.9. The number of ketones is 1. The number of amides is 2. The molecule has 3 heterocycles. The Bertz CT molecular complexity index is 2310. The van der Waals surface area contributed by atoms with Crippen molar-refractivity contribution in [3.63, 3.8) is 0 Å². The Balaban J connectivity index is 1.19. The minimum atomic E-state index is -3.85. The molecule has 7 rings (SSSR count). The second kappa shape index (κ2) is 15.4. The number of nitrogens with one attached hydrogen (secondary N) is 1.